The van der Waals surface area contributed by atoms with E-state index in [1.165, 1.54) is 22.7 Å². The molecule has 2 atom stereocenters. The average Bonchev–Trinajstić information content (AvgIpc) is 2.90. The molecule has 0 saturated carbocycles. The Morgan fingerprint density at radius 3 is 2.72 bits per heavy atom. The van der Waals surface area contributed by atoms with Crippen LogP contribution in [0.3, 0.4) is 0 Å². The van der Waals surface area contributed by atoms with Crippen LogP contribution in [-0.2, 0) is 14.6 Å². The van der Waals surface area contributed by atoms with Gasteiger partial charge in [0, 0.05) is 17.7 Å². The Hall–Kier alpha value is -1.48. The van der Waals surface area contributed by atoms with Gasteiger partial charge in [-0.1, -0.05) is 25.6 Å². The molecule has 0 radical (unpaired) electrons. The van der Waals surface area contributed by atoms with E-state index < -0.39 is 27.5 Å². The summed E-state index contributed by atoms with van der Waals surface area (Å²) in [6, 6.07) is 2.58. The second-order valence-electron chi connectivity index (χ2n) is 6.65. The molecule has 1 amide bonds. The first-order valence-electron chi connectivity index (χ1n) is 7.89. The van der Waals surface area contributed by atoms with Gasteiger partial charge < -0.3 is 4.90 Å². The predicted octanol–water partition coefficient (Wildman–Crippen LogP) is 2.61. The fourth-order valence-corrected chi connectivity index (χ4v) is 6.95. The second kappa shape index (κ2) is 6.68. The molecule has 2 heterocycles. The molecule has 136 valence electrons. The Bertz CT molecular complexity index is 840. The molecular formula is C16H18F2N2O3S2. The lowest BCUT2D eigenvalue weighted by molar-refractivity contribution is -0.118. The lowest BCUT2D eigenvalue weighted by Crippen LogP contribution is -2.38. The normalized spacial score (nSPS) is 26.4. The molecule has 0 bridgehead atoms. The Balaban J connectivity index is 2.01. The highest BCUT2D eigenvalue weighted by atomic mass is 32.2. The van der Waals surface area contributed by atoms with Gasteiger partial charge in [-0.05, 0) is 18.1 Å². The monoisotopic (exact) mass is 388 g/mol. The first-order chi connectivity index (χ1) is 11.7. The molecular weight excluding hydrogens is 370 g/mol. The minimum Gasteiger partial charge on any atom is -0.313 e. The third-order valence-corrected chi connectivity index (χ3v) is 7.25. The molecule has 2 aliphatic heterocycles. The van der Waals surface area contributed by atoms with Crippen molar-refractivity contribution in [2.45, 2.75) is 31.6 Å². The first kappa shape index (κ1) is 18.3. The zero-order valence-corrected chi connectivity index (χ0v) is 15.4. The van der Waals surface area contributed by atoms with Gasteiger partial charge in [0.1, 0.15) is 11.6 Å². The van der Waals surface area contributed by atoms with E-state index in [9.17, 15) is 22.0 Å². The number of anilines is 1. The minimum atomic E-state index is -3.24. The van der Waals surface area contributed by atoms with E-state index in [0.717, 1.165) is 12.1 Å². The summed E-state index contributed by atoms with van der Waals surface area (Å²) >= 11 is 1.17. The van der Waals surface area contributed by atoms with Crippen LogP contribution in [0.25, 0.3) is 0 Å². The second-order valence-corrected chi connectivity index (χ2v) is 10.0. The van der Waals surface area contributed by atoms with Crippen LogP contribution in [0.2, 0.25) is 0 Å². The highest BCUT2D eigenvalue weighted by molar-refractivity contribution is 8.16. The fourth-order valence-electron chi connectivity index (χ4n) is 3.02. The van der Waals surface area contributed by atoms with E-state index in [0.29, 0.717) is 0 Å². The van der Waals surface area contributed by atoms with Crippen molar-refractivity contribution in [3.63, 3.8) is 0 Å². The van der Waals surface area contributed by atoms with Crippen LogP contribution in [-0.4, -0.2) is 42.3 Å². The van der Waals surface area contributed by atoms with Gasteiger partial charge in [-0.15, -0.1) is 0 Å². The van der Waals surface area contributed by atoms with Gasteiger partial charge in [0.15, 0.2) is 15.0 Å². The lowest BCUT2D eigenvalue weighted by atomic mass is 10.1. The van der Waals surface area contributed by atoms with Crippen molar-refractivity contribution >= 4 is 38.4 Å². The summed E-state index contributed by atoms with van der Waals surface area (Å²) in [4.78, 5) is 17.6. The van der Waals surface area contributed by atoms with Crippen LogP contribution in [0.5, 0.6) is 0 Å². The maximum atomic E-state index is 14.3. The number of halogens is 2. The van der Waals surface area contributed by atoms with Gasteiger partial charge in [-0.3, -0.25) is 4.79 Å². The summed E-state index contributed by atoms with van der Waals surface area (Å²) in [6.45, 7) is 3.77. The summed E-state index contributed by atoms with van der Waals surface area (Å²) in [5.74, 6) is -1.93. The smallest absolute Gasteiger partial charge is 0.248 e. The molecule has 2 fully saturated rings. The number of nitrogens with zero attached hydrogens (tertiary/aromatic N) is 2. The number of benzene rings is 1. The Morgan fingerprint density at radius 1 is 1.36 bits per heavy atom. The van der Waals surface area contributed by atoms with Crippen LogP contribution in [0, 0.1) is 17.6 Å². The van der Waals surface area contributed by atoms with Gasteiger partial charge in [0.25, 0.3) is 0 Å². The molecule has 9 heteroatoms. The number of carbonyl (C=O) groups is 1. The molecule has 1 aromatic rings. The predicted molar refractivity (Wildman–Crippen MR) is 94.6 cm³/mol. The molecule has 0 N–H and O–H groups in total. The number of thioether (sulfide) groups is 1. The van der Waals surface area contributed by atoms with Crippen molar-refractivity contribution < 1.29 is 22.0 Å². The molecule has 3 rings (SSSR count). The van der Waals surface area contributed by atoms with Crippen LogP contribution in [0.1, 0.15) is 20.3 Å². The standard InChI is InChI=1S/C16H18F2N2O3S2/c1-9(2)5-15(21)19-16-20(12-4-3-10(17)6-11(12)18)13-7-25(22,23)8-14(13)24-16/h3-4,6,9,13-14H,5,7-8H2,1-2H3/t13-,14+/m1/s1. The van der Waals surface area contributed by atoms with Crippen molar-refractivity contribution in [2.75, 3.05) is 16.4 Å². The molecule has 5 nitrogen and oxygen atoms in total. The quantitative estimate of drug-likeness (QED) is 0.796. The van der Waals surface area contributed by atoms with Crippen molar-refractivity contribution in [3.8, 4) is 0 Å². The van der Waals surface area contributed by atoms with Gasteiger partial charge >= 0.3 is 0 Å². The van der Waals surface area contributed by atoms with Gasteiger partial charge in [0.2, 0.25) is 5.91 Å². The van der Waals surface area contributed by atoms with Crippen molar-refractivity contribution in [3.05, 3.63) is 29.8 Å². The van der Waals surface area contributed by atoms with Crippen molar-refractivity contribution in [2.24, 2.45) is 10.9 Å². The number of hydrogen-bond donors (Lipinski definition) is 0. The van der Waals surface area contributed by atoms with Crippen LogP contribution in [0.4, 0.5) is 14.5 Å². The van der Waals surface area contributed by atoms with E-state index in [2.05, 4.69) is 4.99 Å². The number of carbonyl (C=O) groups excluding carboxylic acids is 1. The lowest BCUT2D eigenvalue weighted by Gasteiger charge is -2.25. The molecule has 2 aliphatic rings. The summed E-state index contributed by atoms with van der Waals surface area (Å²) in [5, 5.41) is -0.0406. The van der Waals surface area contributed by atoms with Crippen molar-refractivity contribution in [1.82, 2.24) is 0 Å². The third kappa shape index (κ3) is 3.87. The van der Waals surface area contributed by atoms with Crippen LogP contribution >= 0.6 is 11.8 Å². The zero-order valence-electron chi connectivity index (χ0n) is 13.8. The maximum absolute atomic E-state index is 14.3. The fraction of sp³-hybridized carbons (Fsp3) is 0.500. The summed E-state index contributed by atoms with van der Waals surface area (Å²) in [5.41, 5.74) is 0.0367. The SMILES string of the molecule is CC(C)CC(=O)N=C1S[C@H]2CS(=O)(=O)C[C@H]2N1c1ccc(F)cc1F. The molecule has 0 aromatic heterocycles. The van der Waals surface area contributed by atoms with E-state index in [4.69, 9.17) is 0 Å². The zero-order chi connectivity index (χ0) is 18.4. The van der Waals surface area contributed by atoms with Gasteiger partial charge in [-0.25, -0.2) is 17.2 Å². The number of amidine groups is 1. The Kier molecular flexibility index (Phi) is 4.89. The summed E-state index contributed by atoms with van der Waals surface area (Å²) < 4.78 is 51.4. The van der Waals surface area contributed by atoms with Crippen LogP contribution < -0.4 is 4.90 Å². The molecule has 1 aromatic carbocycles. The van der Waals surface area contributed by atoms with Gasteiger partial charge in [-0.2, -0.15) is 4.99 Å². The number of fused-ring (bicyclic) bond motifs is 1. The number of rotatable bonds is 3. The molecule has 2 saturated heterocycles. The number of sulfone groups is 1. The molecule has 25 heavy (non-hydrogen) atoms. The molecule has 0 unspecified atom stereocenters. The highest BCUT2D eigenvalue weighted by Gasteiger charge is 2.50. The topological polar surface area (TPSA) is 66.8 Å². The van der Waals surface area contributed by atoms with E-state index in [1.807, 2.05) is 13.8 Å². The molecule has 0 spiro atoms. The van der Waals surface area contributed by atoms with E-state index >= 15 is 0 Å². The first-order valence-corrected chi connectivity index (χ1v) is 10.6. The van der Waals surface area contributed by atoms with Crippen molar-refractivity contribution in [1.29, 1.82) is 0 Å². The minimum absolute atomic E-state index is 0.0367. The summed E-state index contributed by atoms with van der Waals surface area (Å²) in [6.07, 6.45) is 0.247. The maximum Gasteiger partial charge on any atom is 0.248 e. The molecule has 0 aliphatic carbocycles. The van der Waals surface area contributed by atoms with Gasteiger partial charge in [0.05, 0.1) is 23.2 Å². The van der Waals surface area contributed by atoms with Crippen LogP contribution in [0.15, 0.2) is 23.2 Å². The third-order valence-electron chi connectivity index (χ3n) is 4.04. The summed E-state index contributed by atoms with van der Waals surface area (Å²) in [7, 11) is -3.24. The van der Waals surface area contributed by atoms with E-state index in [-0.39, 0.29) is 45.9 Å². The highest BCUT2D eigenvalue weighted by Crippen LogP contribution is 2.41. The largest absolute Gasteiger partial charge is 0.313 e. The number of aliphatic imine (C=N–C) groups is 1. The Morgan fingerprint density at radius 2 is 2.08 bits per heavy atom. The number of hydrogen-bond acceptors (Lipinski definition) is 4. The number of amides is 1. The van der Waals surface area contributed by atoms with E-state index in [1.54, 1.807) is 0 Å². The Labute approximate surface area is 149 Å². The average molecular weight is 388 g/mol.